The maximum absolute atomic E-state index is 11.7. The second-order valence-corrected chi connectivity index (χ2v) is 5.39. The number of rotatable bonds is 6. The van der Waals surface area contributed by atoms with Crippen LogP contribution >= 0.6 is 11.6 Å². The van der Waals surface area contributed by atoms with E-state index in [4.69, 9.17) is 16.3 Å². The van der Waals surface area contributed by atoms with Gasteiger partial charge in [0.15, 0.2) is 0 Å². The van der Waals surface area contributed by atoms with Crippen molar-refractivity contribution in [1.29, 1.82) is 0 Å². The lowest BCUT2D eigenvalue weighted by molar-refractivity contribution is -0.132. The van der Waals surface area contributed by atoms with Gasteiger partial charge in [-0.2, -0.15) is 0 Å². The maximum atomic E-state index is 11.7. The summed E-state index contributed by atoms with van der Waals surface area (Å²) in [6.45, 7) is 1.10. The van der Waals surface area contributed by atoms with E-state index in [1.807, 2.05) is 24.3 Å². The van der Waals surface area contributed by atoms with E-state index in [1.54, 1.807) is 0 Å². The van der Waals surface area contributed by atoms with Crippen LogP contribution in [-0.2, 0) is 20.7 Å². The van der Waals surface area contributed by atoms with Gasteiger partial charge in [-0.1, -0.05) is 23.7 Å². The topological polar surface area (TPSA) is 67.4 Å². The largest absolute Gasteiger partial charge is 0.368 e. The molecule has 21 heavy (non-hydrogen) atoms. The van der Waals surface area contributed by atoms with Crippen LogP contribution in [0.1, 0.15) is 18.4 Å². The molecule has 1 aliphatic rings. The van der Waals surface area contributed by atoms with Crippen molar-refractivity contribution < 1.29 is 14.3 Å². The zero-order valence-corrected chi connectivity index (χ0v) is 12.5. The predicted molar refractivity (Wildman–Crippen MR) is 80.1 cm³/mol. The Balaban J connectivity index is 1.62. The Labute approximate surface area is 129 Å². The number of nitrogens with one attached hydrogen (secondary N) is 2. The van der Waals surface area contributed by atoms with Crippen LogP contribution in [-0.4, -0.2) is 37.6 Å². The van der Waals surface area contributed by atoms with Crippen molar-refractivity contribution >= 4 is 23.4 Å². The second kappa shape index (κ2) is 8.00. The van der Waals surface area contributed by atoms with Gasteiger partial charge in [-0.25, -0.2) is 0 Å². The zero-order chi connectivity index (χ0) is 15.1. The highest BCUT2D eigenvalue weighted by atomic mass is 35.5. The van der Waals surface area contributed by atoms with Crippen molar-refractivity contribution in [3.05, 3.63) is 34.9 Å². The van der Waals surface area contributed by atoms with Crippen molar-refractivity contribution in [1.82, 2.24) is 10.6 Å². The quantitative estimate of drug-likeness (QED) is 0.832. The molecule has 1 aromatic rings. The van der Waals surface area contributed by atoms with Crippen molar-refractivity contribution in [2.24, 2.45) is 0 Å². The van der Waals surface area contributed by atoms with Gasteiger partial charge < -0.3 is 15.4 Å². The summed E-state index contributed by atoms with van der Waals surface area (Å²) in [4.78, 5) is 23.3. The Morgan fingerprint density at radius 3 is 2.90 bits per heavy atom. The van der Waals surface area contributed by atoms with Gasteiger partial charge in [-0.05, 0) is 37.0 Å². The molecule has 0 aromatic heterocycles. The molecule has 114 valence electrons. The first kappa shape index (κ1) is 15.8. The third kappa shape index (κ3) is 5.36. The number of hydrogen-bond acceptors (Lipinski definition) is 3. The standard InChI is InChI=1S/C15H19ClN2O3/c16-12-4-1-3-11(9-12)6-7-17-14(19)10-18-15(20)13-5-2-8-21-13/h1,3-4,9,13H,2,5-8,10H2,(H,17,19)(H,18,20). The molecule has 0 bridgehead atoms. The Hall–Kier alpha value is -1.59. The molecule has 2 N–H and O–H groups in total. The SMILES string of the molecule is O=C(CNC(=O)C1CCCO1)NCCc1cccc(Cl)c1. The zero-order valence-electron chi connectivity index (χ0n) is 11.7. The van der Waals surface area contributed by atoms with Crippen LogP contribution in [0.25, 0.3) is 0 Å². The molecule has 1 fully saturated rings. The average Bonchev–Trinajstić information content (AvgIpc) is 2.99. The summed E-state index contributed by atoms with van der Waals surface area (Å²) in [7, 11) is 0. The summed E-state index contributed by atoms with van der Waals surface area (Å²) < 4.78 is 5.24. The van der Waals surface area contributed by atoms with E-state index in [-0.39, 0.29) is 18.4 Å². The molecule has 0 aliphatic carbocycles. The molecule has 0 saturated carbocycles. The number of ether oxygens (including phenoxy) is 1. The molecular weight excluding hydrogens is 292 g/mol. The number of amides is 2. The summed E-state index contributed by atoms with van der Waals surface area (Å²) >= 11 is 5.89. The summed E-state index contributed by atoms with van der Waals surface area (Å²) in [5, 5.41) is 6.03. The fourth-order valence-corrected chi connectivity index (χ4v) is 2.38. The highest BCUT2D eigenvalue weighted by molar-refractivity contribution is 6.30. The van der Waals surface area contributed by atoms with Crippen LogP contribution in [0.2, 0.25) is 5.02 Å². The van der Waals surface area contributed by atoms with Gasteiger partial charge in [0.25, 0.3) is 0 Å². The van der Waals surface area contributed by atoms with E-state index in [0.29, 0.717) is 24.6 Å². The van der Waals surface area contributed by atoms with Crippen molar-refractivity contribution in [3.63, 3.8) is 0 Å². The summed E-state index contributed by atoms with van der Waals surface area (Å²) in [5.74, 6) is -0.416. The monoisotopic (exact) mass is 310 g/mol. The maximum Gasteiger partial charge on any atom is 0.249 e. The van der Waals surface area contributed by atoms with Gasteiger partial charge in [0.2, 0.25) is 11.8 Å². The van der Waals surface area contributed by atoms with Crippen LogP contribution < -0.4 is 10.6 Å². The molecule has 1 saturated heterocycles. The highest BCUT2D eigenvalue weighted by Crippen LogP contribution is 2.11. The van der Waals surface area contributed by atoms with E-state index in [2.05, 4.69) is 10.6 Å². The summed E-state index contributed by atoms with van der Waals surface area (Å²) in [6.07, 6.45) is 1.92. The van der Waals surface area contributed by atoms with Crippen LogP contribution in [0, 0.1) is 0 Å². The third-order valence-corrected chi connectivity index (χ3v) is 3.51. The van der Waals surface area contributed by atoms with Crippen molar-refractivity contribution in [3.8, 4) is 0 Å². The first-order chi connectivity index (χ1) is 10.1. The minimum Gasteiger partial charge on any atom is -0.368 e. The Morgan fingerprint density at radius 2 is 2.19 bits per heavy atom. The van der Waals surface area contributed by atoms with Gasteiger partial charge in [-0.15, -0.1) is 0 Å². The minimum absolute atomic E-state index is 0.0196. The van der Waals surface area contributed by atoms with Gasteiger partial charge in [0, 0.05) is 18.2 Å². The van der Waals surface area contributed by atoms with Crippen LogP contribution in [0.4, 0.5) is 0 Å². The van der Waals surface area contributed by atoms with E-state index in [9.17, 15) is 9.59 Å². The van der Waals surface area contributed by atoms with E-state index < -0.39 is 6.10 Å². The van der Waals surface area contributed by atoms with Gasteiger partial charge in [0.05, 0.1) is 6.54 Å². The van der Waals surface area contributed by atoms with E-state index in [0.717, 1.165) is 18.4 Å². The van der Waals surface area contributed by atoms with Crippen LogP contribution in [0.5, 0.6) is 0 Å². The number of benzene rings is 1. The van der Waals surface area contributed by atoms with Gasteiger partial charge in [-0.3, -0.25) is 9.59 Å². The molecule has 6 heteroatoms. The lowest BCUT2D eigenvalue weighted by atomic mass is 10.1. The second-order valence-electron chi connectivity index (χ2n) is 4.95. The fourth-order valence-electron chi connectivity index (χ4n) is 2.17. The van der Waals surface area contributed by atoms with E-state index in [1.165, 1.54) is 0 Å². The van der Waals surface area contributed by atoms with E-state index >= 15 is 0 Å². The Morgan fingerprint density at radius 1 is 1.33 bits per heavy atom. The number of carbonyl (C=O) groups is 2. The molecular formula is C15H19ClN2O3. The molecule has 1 aromatic carbocycles. The minimum atomic E-state index is -0.399. The first-order valence-electron chi connectivity index (χ1n) is 7.05. The molecule has 0 spiro atoms. The summed E-state index contributed by atoms with van der Waals surface area (Å²) in [5.41, 5.74) is 1.06. The molecule has 1 heterocycles. The molecule has 2 rings (SSSR count). The van der Waals surface area contributed by atoms with Gasteiger partial charge >= 0.3 is 0 Å². The molecule has 2 amide bonds. The molecule has 1 aliphatic heterocycles. The first-order valence-corrected chi connectivity index (χ1v) is 7.43. The fraction of sp³-hybridized carbons (Fsp3) is 0.467. The van der Waals surface area contributed by atoms with Crippen LogP contribution in [0.3, 0.4) is 0 Å². The Kier molecular flexibility index (Phi) is 6.02. The lowest BCUT2D eigenvalue weighted by Crippen LogP contribution is -2.41. The predicted octanol–water partition coefficient (Wildman–Crippen LogP) is 1.29. The van der Waals surface area contributed by atoms with Gasteiger partial charge in [0.1, 0.15) is 6.10 Å². The number of carbonyl (C=O) groups excluding carboxylic acids is 2. The normalized spacial score (nSPS) is 17.5. The lowest BCUT2D eigenvalue weighted by Gasteiger charge is -2.10. The highest BCUT2D eigenvalue weighted by Gasteiger charge is 2.23. The number of hydrogen-bond donors (Lipinski definition) is 2. The van der Waals surface area contributed by atoms with Crippen molar-refractivity contribution in [2.75, 3.05) is 19.7 Å². The number of halogens is 1. The third-order valence-electron chi connectivity index (χ3n) is 3.27. The Bertz CT molecular complexity index is 501. The molecule has 5 nitrogen and oxygen atoms in total. The average molecular weight is 311 g/mol. The molecule has 1 unspecified atom stereocenters. The summed E-state index contributed by atoms with van der Waals surface area (Å²) in [6, 6.07) is 7.51. The molecule has 1 atom stereocenters. The van der Waals surface area contributed by atoms with Crippen LogP contribution in [0.15, 0.2) is 24.3 Å². The van der Waals surface area contributed by atoms with Crippen molar-refractivity contribution in [2.45, 2.75) is 25.4 Å². The molecule has 0 radical (unpaired) electrons. The smallest absolute Gasteiger partial charge is 0.249 e.